The number of aromatic hydroxyl groups is 1. The molecule has 1 N–H and O–H groups in total. The van der Waals surface area contributed by atoms with Crippen molar-refractivity contribution in [2.75, 3.05) is 26.4 Å². The Morgan fingerprint density at radius 3 is 1.54 bits per heavy atom. The summed E-state index contributed by atoms with van der Waals surface area (Å²) in [6.45, 7) is 6.28. The van der Waals surface area contributed by atoms with Gasteiger partial charge in [-0.05, 0) is 12.1 Å². The number of phenols is 1. The molecule has 7 heteroatoms. The molecule has 134 valence electrons. The van der Waals surface area contributed by atoms with Crippen molar-refractivity contribution < 1.29 is 47.3 Å². The van der Waals surface area contributed by atoms with Crippen LogP contribution in [0.3, 0.4) is 0 Å². The summed E-state index contributed by atoms with van der Waals surface area (Å²) in [5.74, 6) is 0.239. The van der Waals surface area contributed by atoms with E-state index in [2.05, 4.69) is 4.98 Å². The molecule has 0 radical (unpaired) electrons. The first kappa shape index (κ1) is 30.8. The summed E-state index contributed by atoms with van der Waals surface area (Å²) in [4.78, 5) is 4.03. The quantitative estimate of drug-likeness (QED) is 0.615. The molecule has 0 atom stereocenters. The van der Waals surface area contributed by atoms with E-state index >= 15 is 0 Å². The van der Waals surface area contributed by atoms with Gasteiger partial charge in [-0.1, -0.05) is 45.9 Å². The van der Waals surface area contributed by atoms with Gasteiger partial charge in [-0.2, -0.15) is 0 Å². The van der Waals surface area contributed by atoms with E-state index in [0.29, 0.717) is 5.52 Å². The van der Waals surface area contributed by atoms with Crippen molar-refractivity contribution in [3.63, 3.8) is 0 Å². The fourth-order valence-electron chi connectivity index (χ4n) is 1.09. The van der Waals surface area contributed by atoms with Gasteiger partial charge in [-0.3, -0.25) is 4.98 Å². The van der Waals surface area contributed by atoms with E-state index in [-0.39, 0.29) is 53.9 Å². The number of benzene rings is 1. The number of aromatic nitrogens is 1. The molecule has 1 aromatic carbocycles. The van der Waals surface area contributed by atoms with Crippen molar-refractivity contribution in [1.82, 2.24) is 4.98 Å². The standard InChI is InChI=1S/C9H7NO.4C2H5O.Ti/c11-8-5-1-3-7-4-2-6-10-9(7)8;4*1-2-3;/h1-6,11H;4*2H2,1H3;/q;4*-1;+4. The molecule has 6 nitrogen and oxygen atoms in total. The van der Waals surface area contributed by atoms with Gasteiger partial charge in [0.15, 0.2) is 0 Å². The maximum Gasteiger partial charge on any atom is 4.00 e. The van der Waals surface area contributed by atoms with Gasteiger partial charge in [0.05, 0.1) is 0 Å². The first-order chi connectivity index (χ1) is 11.0. The van der Waals surface area contributed by atoms with E-state index in [0.717, 1.165) is 5.39 Å². The van der Waals surface area contributed by atoms with Gasteiger partial charge in [0.2, 0.25) is 0 Å². The molecule has 0 spiro atoms. The van der Waals surface area contributed by atoms with E-state index in [1.54, 1.807) is 46.0 Å². The van der Waals surface area contributed by atoms with Gasteiger partial charge >= 0.3 is 21.7 Å². The molecular formula is C17H27NO5Ti. The minimum absolute atomic E-state index is 0. The summed E-state index contributed by atoms with van der Waals surface area (Å²) >= 11 is 0. The van der Waals surface area contributed by atoms with Gasteiger partial charge in [0.25, 0.3) is 0 Å². The van der Waals surface area contributed by atoms with Crippen LogP contribution in [-0.2, 0) is 21.7 Å². The Kier molecular flexibility index (Phi) is 34.5. The maximum absolute atomic E-state index is 9.31. The second kappa shape index (κ2) is 26.9. The Bertz CT molecular complexity index is 444. The molecule has 1 aromatic heterocycles. The third kappa shape index (κ3) is 21.0. The fourth-order valence-corrected chi connectivity index (χ4v) is 1.09. The van der Waals surface area contributed by atoms with Crippen molar-refractivity contribution >= 4 is 10.9 Å². The minimum atomic E-state index is 0. The fraction of sp³-hybridized carbons (Fsp3) is 0.471. The number of pyridine rings is 1. The van der Waals surface area contributed by atoms with Crippen LogP contribution in [0, 0.1) is 0 Å². The number of fused-ring (bicyclic) bond motifs is 1. The molecule has 24 heavy (non-hydrogen) atoms. The first-order valence-electron chi connectivity index (χ1n) is 7.39. The average Bonchev–Trinajstić information content (AvgIpc) is 2.51. The third-order valence-electron chi connectivity index (χ3n) is 1.61. The van der Waals surface area contributed by atoms with Crippen LogP contribution in [0.15, 0.2) is 36.5 Å². The van der Waals surface area contributed by atoms with Crippen molar-refractivity contribution in [2.24, 2.45) is 0 Å². The van der Waals surface area contributed by atoms with Crippen molar-refractivity contribution in [3.05, 3.63) is 36.5 Å². The molecule has 0 fully saturated rings. The summed E-state index contributed by atoms with van der Waals surface area (Å²) < 4.78 is 0. The van der Waals surface area contributed by atoms with E-state index in [9.17, 15) is 5.11 Å². The van der Waals surface area contributed by atoms with Crippen molar-refractivity contribution in [1.29, 1.82) is 0 Å². The summed E-state index contributed by atoms with van der Waals surface area (Å²) in [7, 11) is 0. The number of nitrogens with zero attached hydrogens (tertiary/aromatic N) is 1. The van der Waals surface area contributed by atoms with Crippen LogP contribution in [0.1, 0.15) is 27.7 Å². The van der Waals surface area contributed by atoms with E-state index in [4.69, 9.17) is 20.4 Å². The van der Waals surface area contributed by atoms with Crippen LogP contribution in [-0.4, -0.2) is 36.5 Å². The molecule has 2 aromatic rings. The van der Waals surface area contributed by atoms with Gasteiger partial charge < -0.3 is 25.5 Å². The predicted molar refractivity (Wildman–Crippen MR) is 85.6 cm³/mol. The average molecular weight is 373 g/mol. The predicted octanol–water partition coefficient (Wildman–Crippen LogP) is -0.596. The second-order valence-corrected chi connectivity index (χ2v) is 3.51. The molecule has 1 heterocycles. The van der Waals surface area contributed by atoms with Crippen molar-refractivity contribution in [2.45, 2.75) is 27.7 Å². The molecule has 2 rings (SSSR count). The molecule has 0 aliphatic rings. The molecule has 0 unspecified atom stereocenters. The summed E-state index contributed by atoms with van der Waals surface area (Å²) in [5, 5.41) is 46.0. The molecule has 0 amide bonds. The zero-order valence-corrected chi connectivity index (χ0v) is 16.4. The minimum Gasteiger partial charge on any atom is -0.855 e. The number of hydrogen-bond acceptors (Lipinski definition) is 6. The van der Waals surface area contributed by atoms with Crippen LogP contribution in [0.25, 0.3) is 10.9 Å². The van der Waals surface area contributed by atoms with Gasteiger partial charge in [0, 0.05) is 11.6 Å². The summed E-state index contributed by atoms with van der Waals surface area (Å²) in [6.07, 6.45) is 1.67. The van der Waals surface area contributed by atoms with Crippen LogP contribution in [0.5, 0.6) is 5.75 Å². The van der Waals surface area contributed by atoms with Crippen molar-refractivity contribution in [3.8, 4) is 5.75 Å². The number of phenolic OH excluding ortho intramolecular Hbond substituents is 1. The first-order valence-corrected chi connectivity index (χ1v) is 7.39. The number of rotatable bonds is 0. The topological polar surface area (TPSA) is 125 Å². The Morgan fingerprint density at radius 1 is 0.792 bits per heavy atom. The molecule has 0 saturated carbocycles. The second-order valence-electron chi connectivity index (χ2n) is 3.51. The molecule has 0 aliphatic carbocycles. The third-order valence-corrected chi connectivity index (χ3v) is 1.61. The molecule has 0 saturated heterocycles. The SMILES string of the molecule is CC[O-].CC[O-].CC[O-].CC[O-].Oc1cccc2cccnc12.[Ti+4]. The van der Waals surface area contributed by atoms with E-state index < -0.39 is 0 Å². The zero-order valence-electron chi connectivity index (χ0n) is 14.8. The number of hydrogen-bond donors (Lipinski definition) is 1. The van der Waals surface area contributed by atoms with Gasteiger partial charge in [-0.25, -0.2) is 0 Å². The van der Waals surface area contributed by atoms with Crippen LogP contribution < -0.4 is 20.4 Å². The normalized spacial score (nSPS) is 7.67. The molecular weight excluding hydrogens is 346 g/mol. The van der Waals surface area contributed by atoms with E-state index in [1.165, 1.54) is 0 Å². The zero-order chi connectivity index (χ0) is 18.5. The van der Waals surface area contributed by atoms with E-state index in [1.807, 2.05) is 18.2 Å². The Balaban J connectivity index is -0.000000130. The van der Waals surface area contributed by atoms with Crippen LogP contribution >= 0.6 is 0 Å². The monoisotopic (exact) mass is 373 g/mol. The maximum atomic E-state index is 9.31. The summed E-state index contributed by atoms with van der Waals surface area (Å²) in [6, 6.07) is 9.13. The largest absolute Gasteiger partial charge is 4.00 e. The molecule has 0 aliphatic heterocycles. The van der Waals surface area contributed by atoms with Crippen LogP contribution in [0.4, 0.5) is 0 Å². The Labute approximate surface area is 159 Å². The van der Waals surface area contributed by atoms with Crippen LogP contribution in [0.2, 0.25) is 0 Å². The number of para-hydroxylation sites is 1. The molecule has 0 bridgehead atoms. The Hall–Kier alpha value is -1.02. The van der Waals surface area contributed by atoms with Gasteiger partial charge in [-0.15, -0.1) is 26.4 Å². The van der Waals surface area contributed by atoms with Gasteiger partial charge in [0.1, 0.15) is 11.3 Å². The Morgan fingerprint density at radius 2 is 1.17 bits per heavy atom. The smallest absolute Gasteiger partial charge is 0.855 e. The summed E-state index contributed by atoms with van der Waals surface area (Å²) in [5.41, 5.74) is 0.662.